The van der Waals surface area contributed by atoms with Crippen LogP contribution in [0.25, 0.3) is 21.7 Å². The molecule has 0 amide bonds. The fourth-order valence-corrected chi connectivity index (χ4v) is 3.13. The predicted molar refractivity (Wildman–Crippen MR) is 90.0 cm³/mol. The number of rotatable bonds is 4. The van der Waals surface area contributed by atoms with Gasteiger partial charge in [-0.3, -0.25) is 0 Å². The van der Waals surface area contributed by atoms with Crippen molar-refractivity contribution in [2.24, 2.45) is 0 Å². The first-order chi connectivity index (χ1) is 10.3. The third kappa shape index (κ3) is 3.06. The van der Waals surface area contributed by atoms with Crippen molar-refractivity contribution in [3.05, 3.63) is 53.0 Å². The lowest BCUT2D eigenvalue weighted by Crippen LogP contribution is -2.03. The highest BCUT2D eigenvalue weighted by atomic mass is 35.5. The molecule has 21 heavy (non-hydrogen) atoms. The van der Waals surface area contributed by atoms with Gasteiger partial charge in [0, 0.05) is 18.3 Å². The summed E-state index contributed by atoms with van der Waals surface area (Å²) in [7, 11) is 0. The zero-order chi connectivity index (χ0) is 14.7. The molecule has 0 unspecified atom stereocenters. The summed E-state index contributed by atoms with van der Waals surface area (Å²) >= 11 is 7.59. The van der Waals surface area contributed by atoms with Gasteiger partial charge >= 0.3 is 0 Å². The number of thiophene rings is 1. The van der Waals surface area contributed by atoms with Crippen LogP contribution in [0.4, 0.5) is 5.95 Å². The van der Waals surface area contributed by atoms with Crippen molar-refractivity contribution < 1.29 is 0 Å². The Hall–Kier alpha value is -1.91. The minimum atomic E-state index is 0.636. The molecule has 1 aromatic carbocycles. The first kappa shape index (κ1) is 14.0. The maximum Gasteiger partial charge on any atom is 0.223 e. The van der Waals surface area contributed by atoms with Crippen LogP contribution in [0.1, 0.15) is 6.92 Å². The molecule has 3 rings (SSSR count). The van der Waals surface area contributed by atoms with Gasteiger partial charge in [-0.25, -0.2) is 9.97 Å². The highest BCUT2D eigenvalue weighted by Crippen LogP contribution is 2.36. The summed E-state index contributed by atoms with van der Waals surface area (Å²) in [4.78, 5) is 10.1. The second-order valence-electron chi connectivity index (χ2n) is 4.46. The maximum absolute atomic E-state index is 6.07. The van der Waals surface area contributed by atoms with E-state index in [-0.39, 0.29) is 0 Å². The van der Waals surface area contributed by atoms with E-state index in [0.29, 0.717) is 5.95 Å². The van der Waals surface area contributed by atoms with Gasteiger partial charge in [-0.2, -0.15) is 0 Å². The van der Waals surface area contributed by atoms with E-state index in [0.717, 1.165) is 32.6 Å². The van der Waals surface area contributed by atoms with Crippen molar-refractivity contribution in [2.75, 3.05) is 11.9 Å². The van der Waals surface area contributed by atoms with Crippen LogP contribution in [-0.2, 0) is 0 Å². The lowest BCUT2D eigenvalue weighted by molar-refractivity contribution is 1.09. The third-order valence-electron chi connectivity index (χ3n) is 3.02. The summed E-state index contributed by atoms with van der Waals surface area (Å²) in [5.74, 6) is 0.636. The molecule has 0 saturated heterocycles. The molecular weight excluding hydrogens is 302 g/mol. The van der Waals surface area contributed by atoms with Crippen LogP contribution in [0.3, 0.4) is 0 Å². The van der Waals surface area contributed by atoms with Gasteiger partial charge in [0.15, 0.2) is 0 Å². The van der Waals surface area contributed by atoms with Crippen LogP contribution < -0.4 is 5.32 Å². The first-order valence-electron chi connectivity index (χ1n) is 6.70. The van der Waals surface area contributed by atoms with Crippen molar-refractivity contribution in [3.8, 4) is 21.7 Å². The molecule has 2 heterocycles. The Morgan fingerprint density at radius 2 is 1.95 bits per heavy atom. The Labute approximate surface area is 132 Å². The smallest absolute Gasteiger partial charge is 0.223 e. The number of nitrogens with zero attached hydrogens (tertiary/aromatic N) is 2. The number of hydrogen-bond donors (Lipinski definition) is 1. The van der Waals surface area contributed by atoms with Gasteiger partial charge in [0.05, 0.1) is 14.9 Å². The number of nitrogens with one attached hydrogen (secondary N) is 1. The van der Waals surface area contributed by atoms with E-state index in [1.807, 2.05) is 43.5 Å². The fraction of sp³-hybridized carbons (Fsp3) is 0.125. The van der Waals surface area contributed by atoms with Crippen LogP contribution in [-0.4, -0.2) is 16.5 Å². The average Bonchev–Trinajstić information content (AvgIpc) is 2.95. The van der Waals surface area contributed by atoms with Crippen molar-refractivity contribution in [3.63, 3.8) is 0 Å². The van der Waals surface area contributed by atoms with E-state index < -0.39 is 0 Å². The molecule has 0 aliphatic heterocycles. The Morgan fingerprint density at radius 3 is 2.62 bits per heavy atom. The van der Waals surface area contributed by atoms with Gasteiger partial charge in [0.1, 0.15) is 0 Å². The van der Waals surface area contributed by atoms with E-state index in [9.17, 15) is 0 Å². The zero-order valence-electron chi connectivity index (χ0n) is 11.5. The fourth-order valence-electron chi connectivity index (χ4n) is 2.08. The van der Waals surface area contributed by atoms with Crippen LogP contribution in [0.15, 0.2) is 48.7 Å². The summed E-state index contributed by atoms with van der Waals surface area (Å²) in [6.45, 7) is 2.81. The molecule has 0 aliphatic rings. The van der Waals surface area contributed by atoms with Gasteiger partial charge in [-0.15, -0.1) is 11.3 Å². The highest BCUT2D eigenvalue weighted by Gasteiger charge is 2.13. The minimum Gasteiger partial charge on any atom is -0.354 e. The van der Waals surface area contributed by atoms with Crippen molar-refractivity contribution in [1.29, 1.82) is 0 Å². The SMILES string of the molecule is CCNc1ncc(-c2ccccc2)c(-c2ccc(Cl)s2)n1. The molecule has 2 aromatic heterocycles. The zero-order valence-corrected chi connectivity index (χ0v) is 13.1. The number of aromatic nitrogens is 2. The standard InChI is InChI=1S/C16H14ClN3S/c1-2-18-16-19-10-12(11-6-4-3-5-7-11)15(20-16)13-8-9-14(17)21-13/h3-10H,2H2,1H3,(H,18,19,20). The molecule has 0 radical (unpaired) electrons. The molecule has 3 aromatic rings. The minimum absolute atomic E-state index is 0.636. The van der Waals surface area contributed by atoms with E-state index in [1.54, 1.807) is 0 Å². The Kier molecular flexibility index (Phi) is 4.18. The van der Waals surface area contributed by atoms with E-state index in [2.05, 4.69) is 27.4 Å². The largest absolute Gasteiger partial charge is 0.354 e. The van der Waals surface area contributed by atoms with Crippen molar-refractivity contribution >= 4 is 28.9 Å². The lowest BCUT2D eigenvalue weighted by atomic mass is 10.1. The summed E-state index contributed by atoms with van der Waals surface area (Å²) in [6, 6.07) is 14.0. The predicted octanol–water partition coefficient (Wildman–Crippen LogP) is 4.96. The molecule has 0 aliphatic carbocycles. The number of anilines is 1. The molecule has 0 spiro atoms. The monoisotopic (exact) mass is 315 g/mol. The van der Waals surface area contributed by atoms with Gasteiger partial charge in [0.2, 0.25) is 5.95 Å². The lowest BCUT2D eigenvalue weighted by Gasteiger charge is -2.09. The summed E-state index contributed by atoms with van der Waals surface area (Å²) in [5, 5.41) is 3.15. The molecule has 0 atom stereocenters. The number of benzene rings is 1. The second kappa shape index (κ2) is 6.24. The normalized spacial score (nSPS) is 10.6. The van der Waals surface area contributed by atoms with Gasteiger partial charge in [0.25, 0.3) is 0 Å². The van der Waals surface area contributed by atoms with E-state index >= 15 is 0 Å². The van der Waals surface area contributed by atoms with Crippen LogP contribution >= 0.6 is 22.9 Å². The molecule has 1 N–H and O–H groups in total. The molecule has 5 heteroatoms. The Balaban J connectivity index is 2.15. The molecule has 0 bridgehead atoms. The molecular formula is C16H14ClN3S. The van der Waals surface area contributed by atoms with E-state index in [1.165, 1.54) is 11.3 Å². The third-order valence-corrected chi connectivity index (χ3v) is 4.25. The summed E-state index contributed by atoms with van der Waals surface area (Å²) in [5.41, 5.74) is 3.01. The number of hydrogen-bond acceptors (Lipinski definition) is 4. The quantitative estimate of drug-likeness (QED) is 0.739. The van der Waals surface area contributed by atoms with Crippen LogP contribution in [0, 0.1) is 0 Å². The summed E-state index contributed by atoms with van der Waals surface area (Å²) in [6.07, 6.45) is 1.86. The first-order valence-corrected chi connectivity index (χ1v) is 7.89. The molecule has 3 nitrogen and oxygen atoms in total. The van der Waals surface area contributed by atoms with Crippen LogP contribution in [0.2, 0.25) is 4.34 Å². The highest BCUT2D eigenvalue weighted by molar-refractivity contribution is 7.19. The topological polar surface area (TPSA) is 37.8 Å². The van der Waals surface area contributed by atoms with Gasteiger partial charge in [-0.05, 0) is 24.6 Å². The summed E-state index contributed by atoms with van der Waals surface area (Å²) < 4.78 is 0.757. The van der Waals surface area contributed by atoms with Crippen molar-refractivity contribution in [2.45, 2.75) is 6.92 Å². The Bertz CT molecular complexity index is 740. The van der Waals surface area contributed by atoms with E-state index in [4.69, 9.17) is 11.6 Å². The van der Waals surface area contributed by atoms with Gasteiger partial charge < -0.3 is 5.32 Å². The molecule has 0 saturated carbocycles. The Morgan fingerprint density at radius 1 is 1.14 bits per heavy atom. The second-order valence-corrected chi connectivity index (χ2v) is 6.17. The van der Waals surface area contributed by atoms with Crippen molar-refractivity contribution in [1.82, 2.24) is 9.97 Å². The number of halogens is 1. The molecule has 0 fully saturated rings. The maximum atomic E-state index is 6.07. The van der Waals surface area contributed by atoms with Crippen LogP contribution in [0.5, 0.6) is 0 Å². The van der Waals surface area contributed by atoms with Gasteiger partial charge in [-0.1, -0.05) is 41.9 Å². The molecule has 106 valence electrons. The average molecular weight is 316 g/mol.